The number of aliphatic hydroxyl groups is 1. The fourth-order valence-electron chi connectivity index (χ4n) is 1.66. The zero-order chi connectivity index (χ0) is 20.9. The average Bonchev–Trinajstić information content (AvgIpc) is 2.63. The zero-order valence-electron chi connectivity index (χ0n) is 15.0. The molecule has 0 amide bonds. The Hall–Kier alpha value is -1.92. The summed E-state index contributed by atoms with van der Waals surface area (Å²) >= 11 is 0. The SMILES string of the molecule is CCC(O)S(=O)(=O)O.CCC(c1ccccn1)S(=O)(=O)O.c1ccncc1. The molecule has 0 bridgehead atoms. The summed E-state index contributed by atoms with van der Waals surface area (Å²) in [4.78, 5) is 7.66. The predicted octanol–water partition coefficient (Wildman–Crippen LogP) is 2.10. The molecule has 0 aliphatic heterocycles. The van der Waals surface area contributed by atoms with Crippen molar-refractivity contribution in [2.75, 3.05) is 0 Å². The van der Waals surface area contributed by atoms with Crippen LogP contribution in [0, 0.1) is 0 Å². The molecular formula is C16H24N2O7S2. The molecule has 152 valence electrons. The van der Waals surface area contributed by atoms with Crippen molar-refractivity contribution >= 4 is 20.2 Å². The lowest BCUT2D eigenvalue weighted by Gasteiger charge is -2.09. The summed E-state index contributed by atoms with van der Waals surface area (Å²) in [6.07, 6.45) is 5.33. The molecule has 2 unspecified atom stereocenters. The van der Waals surface area contributed by atoms with Gasteiger partial charge in [-0.15, -0.1) is 0 Å². The van der Waals surface area contributed by atoms with E-state index in [0.717, 1.165) is 0 Å². The molecule has 2 rings (SSSR count). The summed E-state index contributed by atoms with van der Waals surface area (Å²) < 4.78 is 58.4. The van der Waals surface area contributed by atoms with E-state index in [1.807, 2.05) is 18.2 Å². The van der Waals surface area contributed by atoms with E-state index in [1.54, 1.807) is 37.5 Å². The number of nitrogens with zero attached hydrogens (tertiary/aromatic N) is 2. The Labute approximate surface area is 159 Å². The second-order valence-electron chi connectivity index (χ2n) is 5.07. The molecule has 0 aliphatic rings. The maximum atomic E-state index is 10.9. The van der Waals surface area contributed by atoms with Gasteiger partial charge in [-0.3, -0.25) is 19.1 Å². The Kier molecular flexibility index (Phi) is 11.6. The van der Waals surface area contributed by atoms with Crippen molar-refractivity contribution in [3.63, 3.8) is 0 Å². The van der Waals surface area contributed by atoms with Crippen LogP contribution in [0.1, 0.15) is 37.6 Å². The minimum Gasteiger partial charge on any atom is -0.375 e. The monoisotopic (exact) mass is 420 g/mol. The first-order valence-corrected chi connectivity index (χ1v) is 10.9. The van der Waals surface area contributed by atoms with Crippen LogP contribution >= 0.6 is 0 Å². The first-order chi connectivity index (χ1) is 12.5. The first-order valence-electron chi connectivity index (χ1n) is 7.90. The summed E-state index contributed by atoms with van der Waals surface area (Å²) in [6.45, 7) is 3.14. The largest absolute Gasteiger partial charge is 0.375 e. The summed E-state index contributed by atoms with van der Waals surface area (Å²) in [7, 11) is -8.23. The first kappa shape index (κ1) is 25.1. The van der Waals surface area contributed by atoms with Gasteiger partial charge in [-0.05, 0) is 37.1 Å². The molecule has 2 aromatic rings. The topological polar surface area (TPSA) is 155 Å². The van der Waals surface area contributed by atoms with Gasteiger partial charge in [0.25, 0.3) is 20.2 Å². The highest BCUT2D eigenvalue weighted by Gasteiger charge is 2.23. The highest BCUT2D eigenvalue weighted by atomic mass is 32.2. The molecule has 3 N–H and O–H groups in total. The van der Waals surface area contributed by atoms with Gasteiger partial charge in [-0.2, -0.15) is 16.8 Å². The minimum absolute atomic E-state index is 0.0127. The van der Waals surface area contributed by atoms with Gasteiger partial charge in [-0.25, -0.2) is 0 Å². The van der Waals surface area contributed by atoms with E-state index in [2.05, 4.69) is 9.97 Å². The van der Waals surface area contributed by atoms with Crippen molar-refractivity contribution in [3.8, 4) is 0 Å². The van der Waals surface area contributed by atoms with Crippen LogP contribution in [0.3, 0.4) is 0 Å². The van der Waals surface area contributed by atoms with Gasteiger partial charge in [0.15, 0.2) is 5.44 Å². The van der Waals surface area contributed by atoms with Crippen LogP contribution in [0.15, 0.2) is 55.0 Å². The van der Waals surface area contributed by atoms with E-state index in [4.69, 9.17) is 14.2 Å². The van der Waals surface area contributed by atoms with Crippen LogP contribution in [0.2, 0.25) is 0 Å². The Bertz CT molecular complexity index is 803. The summed E-state index contributed by atoms with van der Waals surface area (Å²) in [5, 5.41) is 7.45. The summed E-state index contributed by atoms with van der Waals surface area (Å²) in [5.74, 6) is 0. The molecule has 2 atom stereocenters. The normalized spacial score (nSPS) is 13.2. The molecule has 27 heavy (non-hydrogen) atoms. The third-order valence-electron chi connectivity index (χ3n) is 3.01. The third-order valence-corrected chi connectivity index (χ3v) is 5.32. The van der Waals surface area contributed by atoms with Gasteiger partial charge in [0.1, 0.15) is 5.25 Å². The van der Waals surface area contributed by atoms with E-state index in [1.165, 1.54) is 13.1 Å². The summed E-state index contributed by atoms with van der Waals surface area (Å²) in [5.41, 5.74) is -1.24. The van der Waals surface area contributed by atoms with Gasteiger partial charge in [0.05, 0.1) is 5.69 Å². The molecule has 9 nitrogen and oxygen atoms in total. The third kappa shape index (κ3) is 11.4. The maximum absolute atomic E-state index is 10.9. The molecule has 0 spiro atoms. The molecule has 0 radical (unpaired) electrons. The highest BCUT2D eigenvalue weighted by Crippen LogP contribution is 2.22. The number of pyridine rings is 2. The van der Waals surface area contributed by atoms with Crippen LogP contribution in [0.5, 0.6) is 0 Å². The second-order valence-corrected chi connectivity index (χ2v) is 8.24. The van der Waals surface area contributed by atoms with Crippen LogP contribution in [-0.2, 0) is 20.2 Å². The molecule has 0 saturated heterocycles. The summed E-state index contributed by atoms with van der Waals surface area (Å²) in [6, 6.07) is 10.7. The fraction of sp³-hybridized carbons (Fsp3) is 0.375. The van der Waals surface area contributed by atoms with E-state index in [9.17, 15) is 16.8 Å². The van der Waals surface area contributed by atoms with E-state index < -0.39 is 30.9 Å². The predicted molar refractivity (Wildman–Crippen MR) is 101 cm³/mol. The smallest absolute Gasteiger partial charge is 0.291 e. The molecule has 0 aliphatic carbocycles. The average molecular weight is 421 g/mol. The highest BCUT2D eigenvalue weighted by molar-refractivity contribution is 7.86. The van der Waals surface area contributed by atoms with Gasteiger partial charge < -0.3 is 5.11 Å². The fourth-order valence-corrected chi connectivity index (χ4v) is 2.95. The minimum atomic E-state index is -4.20. The van der Waals surface area contributed by atoms with Crippen molar-refractivity contribution < 1.29 is 31.0 Å². The Balaban J connectivity index is 0.000000412. The van der Waals surface area contributed by atoms with Crippen LogP contribution < -0.4 is 0 Å². The lowest BCUT2D eigenvalue weighted by atomic mass is 10.2. The Morgan fingerprint density at radius 3 is 1.63 bits per heavy atom. The second kappa shape index (κ2) is 12.5. The van der Waals surface area contributed by atoms with Crippen molar-refractivity contribution in [2.24, 2.45) is 0 Å². The lowest BCUT2D eigenvalue weighted by Crippen LogP contribution is -2.17. The maximum Gasteiger partial charge on any atom is 0.291 e. The van der Waals surface area contributed by atoms with E-state index in [0.29, 0.717) is 12.1 Å². The van der Waals surface area contributed by atoms with Crippen molar-refractivity contribution in [1.82, 2.24) is 9.97 Å². The van der Waals surface area contributed by atoms with Crippen molar-refractivity contribution in [1.29, 1.82) is 0 Å². The molecule has 2 heterocycles. The van der Waals surface area contributed by atoms with Crippen LogP contribution in [0.4, 0.5) is 0 Å². The van der Waals surface area contributed by atoms with E-state index >= 15 is 0 Å². The van der Waals surface area contributed by atoms with Crippen molar-refractivity contribution in [2.45, 2.75) is 37.4 Å². The van der Waals surface area contributed by atoms with Gasteiger partial charge >= 0.3 is 0 Å². The number of hydrogen-bond donors (Lipinski definition) is 3. The molecule has 2 aromatic heterocycles. The number of rotatable bonds is 5. The number of aliphatic hydroxyl groups excluding tert-OH is 1. The van der Waals surface area contributed by atoms with E-state index in [-0.39, 0.29) is 6.42 Å². The standard InChI is InChI=1S/C8H11NO3S.C5H5N.C3H8O4S/c1-2-8(13(10,11)12)7-5-3-4-6-9-7;1-2-4-6-5-3-1;1-2-3(4)8(5,6)7/h3-6,8H,2H2,1H3,(H,10,11,12);1-5H;3-4H,2H2,1H3,(H,5,6,7). The molecule has 0 saturated carbocycles. The molecule has 0 aromatic carbocycles. The van der Waals surface area contributed by atoms with Crippen LogP contribution in [0.25, 0.3) is 0 Å². The van der Waals surface area contributed by atoms with Gasteiger partial charge in [0, 0.05) is 18.6 Å². The van der Waals surface area contributed by atoms with Crippen molar-refractivity contribution in [3.05, 3.63) is 60.7 Å². The number of aromatic nitrogens is 2. The molecule has 0 fully saturated rings. The lowest BCUT2D eigenvalue weighted by molar-refractivity contribution is 0.229. The van der Waals surface area contributed by atoms with Gasteiger partial charge in [0.2, 0.25) is 0 Å². The molecular weight excluding hydrogens is 396 g/mol. The quantitative estimate of drug-likeness (QED) is 0.617. The zero-order valence-corrected chi connectivity index (χ0v) is 16.6. The van der Waals surface area contributed by atoms with Crippen LogP contribution in [-0.4, -0.2) is 46.5 Å². The number of hydrogen-bond acceptors (Lipinski definition) is 7. The Morgan fingerprint density at radius 1 is 0.852 bits per heavy atom. The van der Waals surface area contributed by atoms with Gasteiger partial charge in [-0.1, -0.05) is 26.0 Å². The Morgan fingerprint density at radius 2 is 1.41 bits per heavy atom. The molecule has 11 heteroatoms.